The second-order valence-corrected chi connectivity index (χ2v) is 7.86. The number of hydrogen-bond donors (Lipinski definition) is 1. The van der Waals surface area contributed by atoms with E-state index in [1.807, 2.05) is 0 Å². The van der Waals surface area contributed by atoms with Crippen LogP contribution in [0.25, 0.3) is 0 Å². The molecule has 2 atom stereocenters. The van der Waals surface area contributed by atoms with Gasteiger partial charge in [-0.1, -0.05) is 0 Å². The number of carbonyl (C=O) groups is 3. The zero-order valence-electron chi connectivity index (χ0n) is 15.8. The number of fused-ring (bicyclic) bond motifs is 2. The zero-order valence-corrected chi connectivity index (χ0v) is 16.6. The quantitative estimate of drug-likeness (QED) is 0.725. The maximum atomic E-state index is 13.4. The molecule has 0 aliphatic carbocycles. The Morgan fingerprint density at radius 3 is 2.68 bits per heavy atom. The number of rotatable bonds is 2. The molecule has 0 unspecified atom stereocenters. The number of cyclic esters (lactones) is 1. The summed E-state index contributed by atoms with van der Waals surface area (Å²) in [6.45, 7) is 3.47. The van der Waals surface area contributed by atoms with Gasteiger partial charge in [0.25, 0.3) is 17.0 Å². The molecule has 3 aliphatic heterocycles. The van der Waals surface area contributed by atoms with E-state index in [1.165, 1.54) is 12.0 Å². The van der Waals surface area contributed by atoms with Crippen LogP contribution >= 0.6 is 12.2 Å². The number of anilines is 1. The van der Waals surface area contributed by atoms with Crippen molar-refractivity contribution in [2.45, 2.75) is 31.0 Å². The summed E-state index contributed by atoms with van der Waals surface area (Å²) >= 11 is 5.15. The van der Waals surface area contributed by atoms with Crippen molar-refractivity contribution in [3.63, 3.8) is 0 Å². The Balaban J connectivity index is 1.87. The van der Waals surface area contributed by atoms with Crippen LogP contribution in [0.15, 0.2) is 18.2 Å². The maximum Gasteiger partial charge on any atom is 0.417 e. The highest BCUT2D eigenvalue weighted by Crippen LogP contribution is 2.48. The SMILES string of the molecule is COc1ccc2c(c1)[C@@]1(OC(=S)N[C@H]1C(=O)N1C(=O)OCC1(C)C)C(=O)N2C. The molecule has 0 bridgehead atoms. The van der Waals surface area contributed by atoms with Gasteiger partial charge in [-0.25, -0.2) is 9.69 Å². The first-order valence-electron chi connectivity index (χ1n) is 8.60. The van der Waals surface area contributed by atoms with Gasteiger partial charge < -0.3 is 24.4 Å². The Labute approximate surface area is 166 Å². The molecule has 3 heterocycles. The van der Waals surface area contributed by atoms with E-state index in [0.717, 1.165) is 4.90 Å². The molecule has 10 heteroatoms. The Morgan fingerprint density at radius 2 is 2.07 bits per heavy atom. The summed E-state index contributed by atoms with van der Waals surface area (Å²) in [5, 5.41) is 2.68. The third kappa shape index (κ3) is 2.24. The molecule has 1 aromatic rings. The Kier molecular flexibility index (Phi) is 3.83. The van der Waals surface area contributed by atoms with Gasteiger partial charge in [0.1, 0.15) is 12.4 Å². The van der Waals surface area contributed by atoms with Gasteiger partial charge in [-0.15, -0.1) is 0 Å². The summed E-state index contributed by atoms with van der Waals surface area (Å²) in [7, 11) is 3.08. The second kappa shape index (κ2) is 5.81. The molecule has 4 rings (SSSR count). The standard InChI is InChI=1S/C18H19N3O6S/c1-17(2)8-26-16(24)21(17)13(22)12-18(27-15(28)19-12)10-7-9(25-4)5-6-11(10)20(3)14(18)23/h5-7,12H,8H2,1-4H3,(H,19,28)/t12-,18-/m0/s1. The van der Waals surface area contributed by atoms with Crippen molar-refractivity contribution >= 4 is 41.0 Å². The molecule has 28 heavy (non-hydrogen) atoms. The van der Waals surface area contributed by atoms with Gasteiger partial charge in [0.2, 0.25) is 5.60 Å². The fraction of sp³-hybridized carbons (Fsp3) is 0.444. The zero-order chi connectivity index (χ0) is 20.4. The van der Waals surface area contributed by atoms with E-state index in [9.17, 15) is 14.4 Å². The molecule has 0 saturated carbocycles. The van der Waals surface area contributed by atoms with E-state index < -0.39 is 35.1 Å². The number of carbonyl (C=O) groups excluding carboxylic acids is 3. The van der Waals surface area contributed by atoms with Gasteiger partial charge in [-0.3, -0.25) is 9.59 Å². The highest BCUT2D eigenvalue weighted by Gasteiger charge is 2.66. The minimum atomic E-state index is -1.73. The van der Waals surface area contributed by atoms with Crippen molar-refractivity contribution in [1.29, 1.82) is 0 Å². The van der Waals surface area contributed by atoms with Gasteiger partial charge in [0, 0.05) is 12.6 Å². The molecule has 3 amide bonds. The molecule has 148 valence electrons. The minimum absolute atomic E-state index is 0.0564. The lowest BCUT2D eigenvalue weighted by Gasteiger charge is -2.32. The lowest BCUT2D eigenvalue weighted by atomic mass is 9.86. The van der Waals surface area contributed by atoms with Crippen LogP contribution in [-0.2, 0) is 24.7 Å². The van der Waals surface area contributed by atoms with E-state index in [0.29, 0.717) is 17.0 Å². The largest absolute Gasteiger partial charge is 0.497 e. The van der Waals surface area contributed by atoms with E-state index in [4.69, 9.17) is 26.4 Å². The summed E-state index contributed by atoms with van der Waals surface area (Å²) < 4.78 is 16.1. The number of benzene rings is 1. The van der Waals surface area contributed by atoms with Crippen LogP contribution in [0, 0.1) is 0 Å². The van der Waals surface area contributed by atoms with Crippen LogP contribution < -0.4 is 15.0 Å². The predicted molar refractivity (Wildman–Crippen MR) is 101 cm³/mol. The average molecular weight is 405 g/mol. The highest BCUT2D eigenvalue weighted by molar-refractivity contribution is 7.80. The van der Waals surface area contributed by atoms with Crippen LogP contribution in [0.3, 0.4) is 0 Å². The summed E-state index contributed by atoms with van der Waals surface area (Å²) in [6.07, 6.45) is -0.769. The third-order valence-electron chi connectivity index (χ3n) is 5.31. The van der Waals surface area contributed by atoms with Crippen LogP contribution in [-0.4, -0.2) is 60.3 Å². The highest BCUT2D eigenvalue weighted by atomic mass is 32.1. The molecule has 0 radical (unpaired) electrons. The summed E-state index contributed by atoms with van der Waals surface area (Å²) in [5.74, 6) is -0.619. The molecule has 1 spiro atoms. The van der Waals surface area contributed by atoms with Crippen LogP contribution in [0.4, 0.5) is 10.5 Å². The van der Waals surface area contributed by atoms with Crippen molar-refractivity contribution in [2.75, 3.05) is 25.7 Å². The molecule has 0 aromatic heterocycles. The minimum Gasteiger partial charge on any atom is -0.497 e. The lowest BCUT2D eigenvalue weighted by molar-refractivity contribution is -0.145. The van der Waals surface area contributed by atoms with Crippen molar-refractivity contribution in [2.24, 2.45) is 0 Å². The van der Waals surface area contributed by atoms with E-state index in [-0.39, 0.29) is 11.8 Å². The fourth-order valence-electron chi connectivity index (χ4n) is 3.91. The van der Waals surface area contributed by atoms with Gasteiger partial charge in [0.05, 0.1) is 18.3 Å². The molecule has 9 nitrogen and oxygen atoms in total. The first-order chi connectivity index (χ1) is 13.1. The number of ether oxygens (including phenoxy) is 3. The molecule has 3 aliphatic rings. The maximum absolute atomic E-state index is 13.4. The monoisotopic (exact) mass is 405 g/mol. The smallest absolute Gasteiger partial charge is 0.417 e. The van der Waals surface area contributed by atoms with Crippen molar-refractivity contribution < 1.29 is 28.6 Å². The molecule has 2 saturated heterocycles. The van der Waals surface area contributed by atoms with Crippen LogP contribution in [0.2, 0.25) is 0 Å². The average Bonchev–Trinajstić information content (AvgIpc) is 3.22. The molecule has 1 N–H and O–H groups in total. The van der Waals surface area contributed by atoms with Gasteiger partial charge in [0.15, 0.2) is 6.04 Å². The van der Waals surface area contributed by atoms with Gasteiger partial charge in [-0.05, 0) is 44.3 Å². The number of imide groups is 1. The van der Waals surface area contributed by atoms with E-state index in [1.54, 1.807) is 39.1 Å². The van der Waals surface area contributed by atoms with E-state index >= 15 is 0 Å². The molecule has 2 fully saturated rings. The normalized spacial score (nSPS) is 27.6. The number of thiocarbonyl (C=S) groups is 1. The van der Waals surface area contributed by atoms with Crippen molar-refractivity contribution in [1.82, 2.24) is 10.2 Å². The van der Waals surface area contributed by atoms with Crippen LogP contribution in [0.5, 0.6) is 5.75 Å². The lowest BCUT2D eigenvalue weighted by Crippen LogP contribution is -2.60. The fourth-order valence-corrected chi connectivity index (χ4v) is 4.15. The Hall–Kier alpha value is -2.88. The summed E-state index contributed by atoms with van der Waals surface area (Å²) in [6, 6.07) is 3.83. The molecule has 1 aromatic carbocycles. The van der Waals surface area contributed by atoms with Gasteiger partial charge >= 0.3 is 6.09 Å². The topological polar surface area (TPSA) is 97.4 Å². The number of methoxy groups -OCH3 is 1. The van der Waals surface area contributed by atoms with Crippen molar-refractivity contribution in [3.05, 3.63) is 23.8 Å². The van der Waals surface area contributed by atoms with Gasteiger partial charge in [-0.2, -0.15) is 0 Å². The predicted octanol–water partition coefficient (Wildman–Crippen LogP) is 0.898. The Bertz CT molecular complexity index is 932. The van der Waals surface area contributed by atoms with Crippen LogP contribution in [0.1, 0.15) is 19.4 Å². The number of likely N-dealkylation sites (N-methyl/N-ethyl adjacent to an activating group) is 1. The first-order valence-corrected chi connectivity index (χ1v) is 9.01. The number of amides is 3. The Morgan fingerprint density at radius 1 is 1.36 bits per heavy atom. The summed E-state index contributed by atoms with van der Waals surface area (Å²) in [5.41, 5.74) is -1.59. The molecular weight excluding hydrogens is 386 g/mol. The first kappa shape index (κ1) is 18.5. The number of nitrogens with zero attached hydrogens (tertiary/aromatic N) is 2. The third-order valence-corrected chi connectivity index (χ3v) is 5.52. The second-order valence-electron chi connectivity index (χ2n) is 7.49. The summed E-state index contributed by atoms with van der Waals surface area (Å²) in [4.78, 5) is 41.3. The van der Waals surface area contributed by atoms with E-state index in [2.05, 4.69) is 5.32 Å². The number of hydrogen-bond acceptors (Lipinski definition) is 7. The van der Waals surface area contributed by atoms with Crippen molar-refractivity contribution in [3.8, 4) is 5.75 Å². The molecular formula is C18H19N3O6S. The number of nitrogens with one attached hydrogen (secondary N) is 1.